The molecule has 0 fully saturated rings. The molecule has 0 saturated carbocycles. The molecule has 1 aromatic carbocycles. The molecule has 0 atom stereocenters. The van der Waals surface area contributed by atoms with Gasteiger partial charge in [0.15, 0.2) is 5.76 Å². The lowest BCUT2D eigenvalue weighted by Crippen LogP contribution is -2.33. The summed E-state index contributed by atoms with van der Waals surface area (Å²) in [6.07, 6.45) is 1.58. The quantitative estimate of drug-likeness (QED) is 0.685. The van der Waals surface area contributed by atoms with Gasteiger partial charge in [-0.1, -0.05) is 11.6 Å². The number of furan rings is 2. The minimum absolute atomic E-state index is 0.217. The maximum absolute atomic E-state index is 12.7. The van der Waals surface area contributed by atoms with E-state index in [1.165, 1.54) is 0 Å². The second kappa shape index (κ2) is 6.89. The van der Waals surface area contributed by atoms with E-state index in [0.29, 0.717) is 36.1 Å². The fraction of sp³-hybridized carbons (Fsp3) is 0.235. The second-order valence-corrected chi connectivity index (χ2v) is 5.53. The molecule has 2 heterocycles. The van der Waals surface area contributed by atoms with E-state index in [0.717, 1.165) is 5.39 Å². The van der Waals surface area contributed by atoms with Crippen molar-refractivity contribution >= 4 is 28.5 Å². The summed E-state index contributed by atoms with van der Waals surface area (Å²) in [5.74, 6) is 0.754. The third kappa shape index (κ3) is 3.57. The summed E-state index contributed by atoms with van der Waals surface area (Å²) >= 11 is 5.97. The Hall–Kier alpha value is -2.24. The first-order valence-electron chi connectivity index (χ1n) is 7.17. The third-order valence-electron chi connectivity index (χ3n) is 3.47. The molecule has 0 aliphatic heterocycles. The molecule has 23 heavy (non-hydrogen) atoms. The van der Waals surface area contributed by atoms with E-state index in [1.54, 1.807) is 48.6 Å². The average Bonchev–Trinajstić information content (AvgIpc) is 3.19. The summed E-state index contributed by atoms with van der Waals surface area (Å²) in [4.78, 5) is 14.4. The van der Waals surface area contributed by atoms with Crippen molar-refractivity contribution in [1.82, 2.24) is 4.90 Å². The Morgan fingerprint density at radius 3 is 2.91 bits per heavy atom. The van der Waals surface area contributed by atoms with Crippen LogP contribution < -0.4 is 0 Å². The highest BCUT2D eigenvalue weighted by Crippen LogP contribution is 2.24. The first-order chi connectivity index (χ1) is 11.2. The van der Waals surface area contributed by atoms with Crippen LogP contribution >= 0.6 is 11.6 Å². The Bertz CT molecular complexity index is 794. The van der Waals surface area contributed by atoms with Gasteiger partial charge in [-0.2, -0.15) is 0 Å². The largest absolute Gasteiger partial charge is 0.467 e. The first-order valence-corrected chi connectivity index (χ1v) is 7.55. The Kier molecular flexibility index (Phi) is 4.69. The smallest absolute Gasteiger partial charge is 0.290 e. The maximum Gasteiger partial charge on any atom is 0.290 e. The molecule has 6 heteroatoms. The van der Waals surface area contributed by atoms with Crippen LogP contribution in [-0.2, 0) is 11.3 Å². The van der Waals surface area contributed by atoms with Gasteiger partial charge in [-0.05, 0) is 36.4 Å². The number of amides is 1. The minimum Gasteiger partial charge on any atom is -0.467 e. The van der Waals surface area contributed by atoms with Crippen molar-refractivity contribution in [2.45, 2.75) is 6.54 Å². The molecule has 0 aliphatic rings. The number of nitrogens with zero attached hydrogens (tertiary/aromatic N) is 1. The summed E-state index contributed by atoms with van der Waals surface area (Å²) in [6.45, 7) is 1.22. The van der Waals surface area contributed by atoms with Crippen LogP contribution in [0, 0.1) is 0 Å². The number of rotatable bonds is 6. The van der Waals surface area contributed by atoms with Crippen LogP contribution in [0.4, 0.5) is 0 Å². The number of methoxy groups -OCH3 is 1. The predicted octanol–water partition coefficient (Wildman–Crippen LogP) is 3.97. The number of carbonyl (C=O) groups excluding carboxylic acids is 1. The van der Waals surface area contributed by atoms with Gasteiger partial charge in [-0.15, -0.1) is 0 Å². The van der Waals surface area contributed by atoms with Crippen molar-refractivity contribution < 1.29 is 18.4 Å². The van der Waals surface area contributed by atoms with E-state index >= 15 is 0 Å². The molecule has 5 nitrogen and oxygen atoms in total. The lowest BCUT2D eigenvalue weighted by molar-refractivity contribution is 0.0638. The van der Waals surface area contributed by atoms with E-state index in [9.17, 15) is 4.79 Å². The zero-order chi connectivity index (χ0) is 16.2. The van der Waals surface area contributed by atoms with Crippen molar-refractivity contribution in [3.05, 3.63) is 59.2 Å². The highest BCUT2D eigenvalue weighted by molar-refractivity contribution is 6.31. The van der Waals surface area contributed by atoms with Crippen molar-refractivity contribution in [2.75, 3.05) is 20.3 Å². The number of halogens is 1. The standard InChI is InChI=1S/C17H16ClNO4/c1-21-8-6-19(11-14-3-2-7-22-14)17(20)16-10-12-9-13(18)4-5-15(12)23-16/h2-5,7,9-10H,6,8,11H2,1H3. The van der Waals surface area contributed by atoms with Crippen molar-refractivity contribution in [2.24, 2.45) is 0 Å². The van der Waals surface area contributed by atoms with E-state index in [2.05, 4.69) is 0 Å². The molecular weight excluding hydrogens is 318 g/mol. The highest BCUT2D eigenvalue weighted by atomic mass is 35.5. The van der Waals surface area contributed by atoms with Gasteiger partial charge in [-0.3, -0.25) is 4.79 Å². The molecule has 3 aromatic rings. The van der Waals surface area contributed by atoms with Crippen molar-refractivity contribution in [1.29, 1.82) is 0 Å². The Morgan fingerprint density at radius 1 is 1.30 bits per heavy atom. The number of hydrogen-bond donors (Lipinski definition) is 0. The van der Waals surface area contributed by atoms with Crippen LogP contribution in [-0.4, -0.2) is 31.1 Å². The zero-order valence-corrected chi connectivity index (χ0v) is 13.4. The van der Waals surface area contributed by atoms with Gasteiger partial charge >= 0.3 is 0 Å². The lowest BCUT2D eigenvalue weighted by Gasteiger charge is -2.19. The summed E-state index contributed by atoms with van der Waals surface area (Å²) in [5, 5.41) is 1.40. The maximum atomic E-state index is 12.7. The van der Waals surface area contributed by atoms with Gasteiger partial charge in [0.05, 0.1) is 19.4 Å². The van der Waals surface area contributed by atoms with Gasteiger partial charge < -0.3 is 18.5 Å². The molecule has 0 saturated heterocycles. The molecule has 120 valence electrons. The molecule has 3 rings (SSSR count). The van der Waals surface area contributed by atoms with Gasteiger partial charge in [0.2, 0.25) is 0 Å². The normalized spacial score (nSPS) is 11.0. The van der Waals surface area contributed by atoms with Gasteiger partial charge in [0.25, 0.3) is 5.91 Å². The Labute approximate surface area is 138 Å². The number of fused-ring (bicyclic) bond motifs is 1. The van der Waals surface area contributed by atoms with E-state index in [-0.39, 0.29) is 11.7 Å². The number of benzene rings is 1. The van der Waals surface area contributed by atoms with Gasteiger partial charge in [0, 0.05) is 24.1 Å². The fourth-order valence-electron chi connectivity index (χ4n) is 2.32. The fourth-order valence-corrected chi connectivity index (χ4v) is 2.50. The summed E-state index contributed by atoms with van der Waals surface area (Å²) < 4.78 is 16.0. The first kappa shape index (κ1) is 15.6. The SMILES string of the molecule is COCCN(Cc1ccco1)C(=O)c1cc2cc(Cl)ccc2o1. The van der Waals surface area contributed by atoms with E-state index in [4.69, 9.17) is 25.2 Å². The highest BCUT2D eigenvalue weighted by Gasteiger charge is 2.21. The lowest BCUT2D eigenvalue weighted by atomic mass is 10.2. The molecular formula is C17H16ClNO4. The van der Waals surface area contributed by atoms with Crippen LogP contribution in [0.25, 0.3) is 11.0 Å². The van der Waals surface area contributed by atoms with Crippen LogP contribution in [0.5, 0.6) is 0 Å². The minimum atomic E-state index is -0.217. The molecule has 0 N–H and O–H groups in total. The number of carbonyl (C=O) groups is 1. The number of ether oxygens (including phenoxy) is 1. The van der Waals surface area contributed by atoms with Crippen LogP contribution in [0.15, 0.2) is 51.5 Å². The molecule has 0 unspecified atom stereocenters. The summed E-state index contributed by atoms with van der Waals surface area (Å²) in [5.41, 5.74) is 0.627. The van der Waals surface area contributed by atoms with Crippen molar-refractivity contribution in [3.63, 3.8) is 0 Å². The van der Waals surface area contributed by atoms with Crippen LogP contribution in [0.3, 0.4) is 0 Å². The monoisotopic (exact) mass is 333 g/mol. The topological polar surface area (TPSA) is 55.8 Å². The zero-order valence-electron chi connectivity index (χ0n) is 12.6. The van der Waals surface area contributed by atoms with Crippen LogP contribution in [0.2, 0.25) is 5.02 Å². The molecule has 1 amide bonds. The van der Waals surface area contributed by atoms with Gasteiger partial charge in [0.1, 0.15) is 11.3 Å². The van der Waals surface area contributed by atoms with Gasteiger partial charge in [-0.25, -0.2) is 0 Å². The summed E-state index contributed by atoms with van der Waals surface area (Å²) in [7, 11) is 1.60. The number of hydrogen-bond acceptors (Lipinski definition) is 4. The Balaban J connectivity index is 1.85. The predicted molar refractivity (Wildman–Crippen MR) is 86.5 cm³/mol. The second-order valence-electron chi connectivity index (χ2n) is 5.09. The van der Waals surface area contributed by atoms with E-state index in [1.807, 2.05) is 6.07 Å². The van der Waals surface area contributed by atoms with E-state index < -0.39 is 0 Å². The molecule has 0 spiro atoms. The molecule has 0 radical (unpaired) electrons. The summed E-state index contributed by atoms with van der Waals surface area (Å²) in [6, 6.07) is 10.6. The molecule has 0 aliphatic carbocycles. The third-order valence-corrected chi connectivity index (χ3v) is 3.70. The molecule has 2 aromatic heterocycles. The molecule has 0 bridgehead atoms. The Morgan fingerprint density at radius 2 is 2.17 bits per heavy atom. The van der Waals surface area contributed by atoms with Crippen molar-refractivity contribution in [3.8, 4) is 0 Å². The van der Waals surface area contributed by atoms with Crippen LogP contribution in [0.1, 0.15) is 16.3 Å². The average molecular weight is 334 g/mol.